The molecule has 0 aliphatic heterocycles. The predicted molar refractivity (Wildman–Crippen MR) is 101 cm³/mol. The number of benzene rings is 2. The molecule has 0 fully saturated rings. The number of fused-ring (bicyclic) bond motifs is 1. The Balaban J connectivity index is 2.04. The average Bonchev–Trinajstić information content (AvgIpc) is 3.09. The smallest absolute Gasteiger partial charge is 0.365 e. The largest absolute Gasteiger partial charge is 0.456 e. The second kappa shape index (κ2) is 6.34. The summed E-state index contributed by atoms with van der Waals surface area (Å²) in [5, 5.41) is 9.89. The molecule has 0 saturated heterocycles. The van der Waals surface area contributed by atoms with Crippen LogP contribution >= 0.6 is 15.9 Å². The van der Waals surface area contributed by atoms with Gasteiger partial charge in [0.05, 0.1) is 6.54 Å². The highest BCUT2D eigenvalue weighted by Crippen LogP contribution is 2.30. The molecule has 2 aromatic heterocycles. The molecule has 130 valence electrons. The van der Waals surface area contributed by atoms with E-state index in [2.05, 4.69) is 15.9 Å². The highest BCUT2D eigenvalue weighted by molar-refractivity contribution is 9.10. The van der Waals surface area contributed by atoms with Gasteiger partial charge >= 0.3 is 11.2 Å². The zero-order valence-corrected chi connectivity index (χ0v) is 15.0. The van der Waals surface area contributed by atoms with Gasteiger partial charge in [0.2, 0.25) is 5.58 Å². The zero-order valence-electron chi connectivity index (χ0n) is 13.4. The molecule has 1 N–H and O–H groups in total. The van der Waals surface area contributed by atoms with Crippen molar-refractivity contribution in [3.8, 4) is 11.1 Å². The fraction of sp³-hybridized carbons (Fsp3) is 0.0526. The quantitative estimate of drug-likeness (QED) is 0.522. The monoisotopic (exact) mass is 412 g/mol. The van der Waals surface area contributed by atoms with Crippen LogP contribution in [0, 0.1) is 0 Å². The van der Waals surface area contributed by atoms with Gasteiger partial charge in [-0.05, 0) is 23.3 Å². The van der Waals surface area contributed by atoms with Crippen LogP contribution in [0.4, 0.5) is 0 Å². The molecular formula is C19H13BrN2O4. The van der Waals surface area contributed by atoms with Crippen LogP contribution in [-0.4, -0.2) is 14.5 Å². The first-order chi connectivity index (χ1) is 12.6. The second-order valence-corrected chi connectivity index (χ2v) is 6.72. The van der Waals surface area contributed by atoms with Crippen LogP contribution in [0.2, 0.25) is 0 Å². The summed E-state index contributed by atoms with van der Waals surface area (Å²) in [6.07, 6.45) is 1.43. The molecule has 7 heteroatoms. The third-order valence-electron chi connectivity index (χ3n) is 4.15. The number of hydrogen-bond acceptors (Lipinski definition) is 4. The fourth-order valence-corrected chi connectivity index (χ4v) is 3.34. The SMILES string of the molecule is O=c1c2occ(-c3cccc(Br)c3)c2n(Cc2ccccc2)c(=O)n1O. The molecule has 0 amide bonds. The summed E-state index contributed by atoms with van der Waals surface area (Å²) in [7, 11) is 0. The number of halogens is 1. The summed E-state index contributed by atoms with van der Waals surface area (Å²) in [5.41, 5.74) is 0.835. The Hall–Kier alpha value is -3.06. The maximum Gasteiger partial charge on any atom is 0.365 e. The van der Waals surface area contributed by atoms with Crippen molar-refractivity contribution in [1.82, 2.24) is 9.30 Å². The van der Waals surface area contributed by atoms with Crippen LogP contribution in [-0.2, 0) is 6.54 Å². The Kier molecular flexibility index (Phi) is 4.00. The number of hydrogen-bond donors (Lipinski definition) is 1. The van der Waals surface area contributed by atoms with E-state index in [4.69, 9.17) is 4.42 Å². The fourth-order valence-electron chi connectivity index (χ4n) is 2.94. The van der Waals surface area contributed by atoms with Crippen molar-refractivity contribution in [3.05, 3.63) is 91.7 Å². The Bertz CT molecular complexity index is 1220. The van der Waals surface area contributed by atoms with Gasteiger partial charge in [-0.25, -0.2) is 4.79 Å². The molecule has 2 heterocycles. The van der Waals surface area contributed by atoms with Gasteiger partial charge in [0.1, 0.15) is 11.8 Å². The van der Waals surface area contributed by atoms with Crippen molar-refractivity contribution in [2.45, 2.75) is 6.54 Å². The van der Waals surface area contributed by atoms with Crippen LogP contribution in [0.15, 0.2) is 79.3 Å². The van der Waals surface area contributed by atoms with Crippen LogP contribution < -0.4 is 11.2 Å². The first-order valence-corrected chi connectivity index (χ1v) is 8.61. The molecule has 4 rings (SSSR count). The lowest BCUT2D eigenvalue weighted by Gasteiger charge is -2.10. The minimum atomic E-state index is -0.879. The van der Waals surface area contributed by atoms with Crippen molar-refractivity contribution in [3.63, 3.8) is 0 Å². The van der Waals surface area contributed by atoms with E-state index in [1.165, 1.54) is 10.8 Å². The summed E-state index contributed by atoms with van der Waals surface area (Å²) < 4.78 is 7.70. The Morgan fingerprint density at radius 3 is 2.54 bits per heavy atom. The van der Waals surface area contributed by atoms with E-state index < -0.39 is 11.2 Å². The van der Waals surface area contributed by atoms with E-state index in [1.807, 2.05) is 54.6 Å². The van der Waals surface area contributed by atoms with Crippen molar-refractivity contribution in [2.75, 3.05) is 0 Å². The van der Waals surface area contributed by atoms with Crippen LogP contribution in [0.5, 0.6) is 0 Å². The van der Waals surface area contributed by atoms with Crippen molar-refractivity contribution in [2.24, 2.45) is 0 Å². The molecule has 0 bridgehead atoms. The standard InChI is InChI=1S/C19H13BrN2O4/c20-14-8-4-7-13(9-14)15-11-26-17-16(15)21(19(24)22(25)18(17)23)10-12-5-2-1-3-6-12/h1-9,11,25H,10H2. The predicted octanol–water partition coefficient (Wildman–Crippen LogP) is 3.47. The molecule has 4 aromatic rings. The lowest BCUT2D eigenvalue weighted by atomic mass is 10.1. The Morgan fingerprint density at radius 1 is 1.04 bits per heavy atom. The average molecular weight is 413 g/mol. The topological polar surface area (TPSA) is 77.4 Å². The molecule has 0 unspecified atom stereocenters. The zero-order chi connectivity index (χ0) is 18.3. The van der Waals surface area contributed by atoms with Gasteiger partial charge in [0.25, 0.3) is 0 Å². The van der Waals surface area contributed by atoms with Crippen LogP contribution in [0.1, 0.15) is 5.56 Å². The van der Waals surface area contributed by atoms with Crippen LogP contribution in [0.3, 0.4) is 0 Å². The highest BCUT2D eigenvalue weighted by Gasteiger charge is 2.20. The Labute approximate surface area is 155 Å². The summed E-state index contributed by atoms with van der Waals surface area (Å²) >= 11 is 3.42. The molecule has 2 aromatic carbocycles. The lowest BCUT2D eigenvalue weighted by molar-refractivity contribution is 0.156. The minimum Gasteiger partial charge on any atom is -0.456 e. The summed E-state index contributed by atoms with van der Waals surface area (Å²) in [5.74, 6) is 0. The summed E-state index contributed by atoms with van der Waals surface area (Å²) in [6.45, 7) is 0.192. The Morgan fingerprint density at radius 2 is 1.81 bits per heavy atom. The third-order valence-corrected chi connectivity index (χ3v) is 4.65. The van der Waals surface area contributed by atoms with Gasteiger partial charge < -0.3 is 9.62 Å². The van der Waals surface area contributed by atoms with E-state index >= 15 is 0 Å². The third kappa shape index (κ3) is 2.66. The second-order valence-electron chi connectivity index (χ2n) is 5.81. The number of rotatable bonds is 3. The van der Waals surface area contributed by atoms with Gasteiger partial charge in [0.15, 0.2) is 0 Å². The van der Waals surface area contributed by atoms with E-state index in [0.717, 1.165) is 15.6 Å². The van der Waals surface area contributed by atoms with E-state index in [9.17, 15) is 14.8 Å². The van der Waals surface area contributed by atoms with Gasteiger partial charge in [-0.3, -0.25) is 9.36 Å². The van der Waals surface area contributed by atoms with Crippen molar-refractivity contribution in [1.29, 1.82) is 0 Å². The lowest BCUT2D eigenvalue weighted by Crippen LogP contribution is -2.38. The molecule has 0 atom stereocenters. The first-order valence-electron chi connectivity index (χ1n) is 7.82. The van der Waals surface area contributed by atoms with E-state index in [0.29, 0.717) is 11.1 Å². The molecule has 6 nitrogen and oxygen atoms in total. The summed E-state index contributed by atoms with van der Waals surface area (Å²) in [6, 6.07) is 16.8. The number of furan rings is 1. The van der Waals surface area contributed by atoms with Gasteiger partial charge in [-0.2, -0.15) is 0 Å². The highest BCUT2D eigenvalue weighted by atomic mass is 79.9. The maximum atomic E-state index is 12.6. The van der Waals surface area contributed by atoms with Gasteiger partial charge in [0, 0.05) is 10.0 Å². The number of aromatic nitrogens is 2. The van der Waals surface area contributed by atoms with Crippen molar-refractivity contribution < 1.29 is 9.62 Å². The number of nitrogens with zero attached hydrogens (tertiary/aromatic N) is 2. The molecule has 0 aliphatic rings. The normalized spacial score (nSPS) is 11.1. The van der Waals surface area contributed by atoms with Gasteiger partial charge in [-0.15, -0.1) is 0 Å². The molecule has 26 heavy (non-hydrogen) atoms. The molecular weight excluding hydrogens is 400 g/mol. The summed E-state index contributed by atoms with van der Waals surface area (Å²) in [4.78, 5) is 24.8. The molecule has 0 aliphatic carbocycles. The van der Waals surface area contributed by atoms with E-state index in [1.54, 1.807) is 0 Å². The van der Waals surface area contributed by atoms with E-state index in [-0.39, 0.29) is 16.9 Å². The molecule has 0 radical (unpaired) electrons. The van der Waals surface area contributed by atoms with Gasteiger partial charge in [-0.1, -0.05) is 63.1 Å². The molecule has 0 saturated carbocycles. The first kappa shape index (κ1) is 16.4. The minimum absolute atomic E-state index is 0.0713. The van der Waals surface area contributed by atoms with Crippen LogP contribution in [0.25, 0.3) is 22.2 Å². The van der Waals surface area contributed by atoms with Crippen molar-refractivity contribution >= 4 is 27.0 Å². The molecule has 0 spiro atoms. The maximum absolute atomic E-state index is 12.6.